The van der Waals surface area contributed by atoms with Crippen molar-refractivity contribution in [2.75, 3.05) is 12.3 Å². The van der Waals surface area contributed by atoms with Gasteiger partial charge in [0, 0.05) is 6.20 Å². The summed E-state index contributed by atoms with van der Waals surface area (Å²) in [4.78, 5) is 15.0. The monoisotopic (exact) mass is 243 g/mol. The molecule has 1 aliphatic heterocycles. The third-order valence-electron chi connectivity index (χ3n) is 2.64. The van der Waals surface area contributed by atoms with Gasteiger partial charge < -0.3 is 25.8 Å². The number of nitrogens with two attached hydrogens (primary N) is 1. The van der Waals surface area contributed by atoms with Crippen molar-refractivity contribution in [1.82, 2.24) is 9.55 Å². The number of anilines is 1. The molecule has 4 atom stereocenters. The van der Waals surface area contributed by atoms with E-state index in [1.54, 1.807) is 0 Å². The highest BCUT2D eigenvalue weighted by Gasteiger charge is 2.43. The van der Waals surface area contributed by atoms with Crippen LogP contribution in [-0.2, 0) is 4.74 Å². The van der Waals surface area contributed by atoms with Gasteiger partial charge in [0.15, 0.2) is 6.23 Å². The fourth-order valence-electron chi connectivity index (χ4n) is 1.73. The van der Waals surface area contributed by atoms with Crippen LogP contribution in [0.2, 0.25) is 0 Å². The summed E-state index contributed by atoms with van der Waals surface area (Å²) < 4.78 is 6.19. The molecule has 2 rings (SSSR count). The largest absolute Gasteiger partial charge is 0.394 e. The topological polar surface area (TPSA) is 131 Å². The fraction of sp³-hybridized carbons (Fsp3) is 0.556. The van der Waals surface area contributed by atoms with E-state index in [1.807, 2.05) is 0 Å². The van der Waals surface area contributed by atoms with Crippen molar-refractivity contribution in [3.05, 3.63) is 22.7 Å². The van der Waals surface area contributed by atoms with Crippen LogP contribution in [0.25, 0.3) is 0 Å². The Kier molecular flexibility index (Phi) is 3.11. The molecule has 0 amide bonds. The highest BCUT2D eigenvalue weighted by atomic mass is 16.6. The zero-order chi connectivity index (χ0) is 12.6. The van der Waals surface area contributed by atoms with E-state index in [1.165, 1.54) is 12.3 Å². The van der Waals surface area contributed by atoms with E-state index in [9.17, 15) is 15.0 Å². The first-order valence-electron chi connectivity index (χ1n) is 5.01. The lowest BCUT2D eigenvalue weighted by Gasteiger charge is -2.16. The van der Waals surface area contributed by atoms with E-state index >= 15 is 0 Å². The molecule has 0 aromatic carbocycles. The van der Waals surface area contributed by atoms with E-state index in [2.05, 4.69) is 4.98 Å². The van der Waals surface area contributed by atoms with Gasteiger partial charge in [0.1, 0.15) is 24.1 Å². The van der Waals surface area contributed by atoms with Gasteiger partial charge in [0.2, 0.25) is 0 Å². The molecule has 0 bridgehead atoms. The van der Waals surface area contributed by atoms with Crippen molar-refractivity contribution in [3.63, 3.8) is 0 Å². The number of ether oxygens (including phenoxy) is 1. The van der Waals surface area contributed by atoms with E-state index in [-0.39, 0.29) is 5.82 Å². The summed E-state index contributed by atoms with van der Waals surface area (Å²) in [6, 6.07) is 1.37. The zero-order valence-corrected chi connectivity index (χ0v) is 8.80. The number of aliphatic hydroxyl groups excluding tert-OH is 3. The molecule has 2 heterocycles. The molecular weight excluding hydrogens is 230 g/mol. The van der Waals surface area contributed by atoms with Crippen molar-refractivity contribution in [2.45, 2.75) is 24.5 Å². The van der Waals surface area contributed by atoms with Crippen LogP contribution in [0.5, 0.6) is 0 Å². The van der Waals surface area contributed by atoms with Crippen LogP contribution in [0.1, 0.15) is 6.23 Å². The van der Waals surface area contributed by atoms with E-state index < -0.39 is 36.8 Å². The minimum atomic E-state index is -1.31. The quantitative estimate of drug-likeness (QED) is 0.449. The lowest BCUT2D eigenvalue weighted by molar-refractivity contribution is -0.0549. The predicted molar refractivity (Wildman–Crippen MR) is 55.9 cm³/mol. The van der Waals surface area contributed by atoms with Crippen molar-refractivity contribution in [3.8, 4) is 0 Å². The second-order valence-electron chi connectivity index (χ2n) is 3.77. The molecule has 8 heteroatoms. The summed E-state index contributed by atoms with van der Waals surface area (Å²) in [5.41, 5.74) is 4.63. The molecule has 8 nitrogen and oxygen atoms in total. The van der Waals surface area contributed by atoms with Crippen LogP contribution >= 0.6 is 0 Å². The van der Waals surface area contributed by atoms with Gasteiger partial charge in [0.25, 0.3) is 0 Å². The molecule has 1 saturated heterocycles. The molecule has 1 aromatic heterocycles. The average molecular weight is 243 g/mol. The first-order valence-corrected chi connectivity index (χ1v) is 5.01. The summed E-state index contributed by atoms with van der Waals surface area (Å²) in [6.45, 7) is -0.453. The molecule has 1 fully saturated rings. The molecule has 94 valence electrons. The minimum absolute atomic E-state index is 0.0537. The standard InChI is InChI=1S/C9H13N3O5/c10-5-1-2-12(9(16)11-5)8-7(15)6(14)4(3-13)17-8/h1-2,4,6-8,13-15H,3H2,(H2,10,11,16)/t4-,6+,7-,8+/m0/s1. The Hall–Kier alpha value is -1.48. The van der Waals surface area contributed by atoms with Crippen molar-refractivity contribution >= 4 is 5.82 Å². The van der Waals surface area contributed by atoms with Crippen LogP contribution < -0.4 is 11.4 Å². The number of aromatic nitrogens is 2. The number of aliphatic hydroxyl groups is 3. The van der Waals surface area contributed by atoms with E-state index in [4.69, 9.17) is 15.6 Å². The third kappa shape index (κ3) is 2.03. The Morgan fingerprint density at radius 2 is 2.18 bits per heavy atom. The molecular formula is C9H13N3O5. The maximum absolute atomic E-state index is 11.5. The Balaban J connectivity index is 2.32. The molecule has 0 aliphatic carbocycles. The van der Waals surface area contributed by atoms with Crippen molar-refractivity contribution < 1.29 is 20.1 Å². The van der Waals surface area contributed by atoms with Gasteiger partial charge in [-0.1, -0.05) is 0 Å². The number of hydrogen-bond donors (Lipinski definition) is 4. The number of hydrogen-bond acceptors (Lipinski definition) is 7. The lowest BCUT2D eigenvalue weighted by atomic mass is 10.1. The maximum Gasteiger partial charge on any atom is 0.351 e. The summed E-state index contributed by atoms with van der Waals surface area (Å²) in [5.74, 6) is 0.0537. The predicted octanol–water partition coefficient (Wildman–Crippen LogP) is -2.56. The Morgan fingerprint density at radius 3 is 2.71 bits per heavy atom. The van der Waals surface area contributed by atoms with Crippen LogP contribution in [0.4, 0.5) is 5.82 Å². The summed E-state index contributed by atoms with van der Waals surface area (Å²) in [5, 5.41) is 28.2. The van der Waals surface area contributed by atoms with Crippen molar-refractivity contribution in [1.29, 1.82) is 0 Å². The number of nitrogens with zero attached hydrogens (tertiary/aromatic N) is 2. The van der Waals surface area contributed by atoms with Crippen LogP contribution in [0.15, 0.2) is 17.1 Å². The fourth-order valence-corrected chi connectivity index (χ4v) is 1.73. The molecule has 1 aromatic rings. The zero-order valence-electron chi connectivity index (χ0n) is 8.80. The lowest BCUT2D eigenvalue weighted by Crippen LogP contribution is -2.36. The molecule has 0 radical (unpaired) electrons. The van der Waals surface area contributed by atoms with Crippen molar-refractivity contribution in [2.24, 2.45) is 0 Å². The third-order valence-corrected chi connectivity index (χ3v) is 2.64. The Morgan fingerprint density at radius 1 is 1.47 bits per heavy atom. The minimum Gasteiger partial charge on any atom is -0.394 e. The van der Waals surface area contributed by atoms with Gasteiger partial charge in [-0.2, -0.15) is 4.98 Å². The van der Waals surface area contributed by atoms with E-state index in [0.717, 1.165) is 4.57 Å². The first kappa shape index (κ1) is 12.0. The normalized spacial score (nSPS) is 32.9. The average Bonchev–Trinajstić information content (AvgIpc) is 2.57. The van der Waals surface area contributed by atoms with Gasteiger partial charge in [0.05, 0.1) is 6.61 Å². The van der Waals surface area contributed by atoms with Gasteiger partial charge in [-0.3, -0.25) is 4.57 Å². The Labute approximate surface area is 95.9 Å². The molecule has 0 spiro atoms. The van der Waals surface area contributed by atoms with Crippen LogP contribution in [0.3, 0.4) is 0 Å². The second-order valence-corrected chi connectivity index (χ2v) is 3.77. The smallest absolute Gasteiger partial charge is 0.351 e. The summed E-state index contributed by atoms with van der Waals surface area (Å²) >= 11 is 0. The van der Waals surface area contributed by atoms with Crippen LogP contribution in [0, 0.1) is 0 Å². The SMILES string of the molecule is Nc1ccn([C@@H]2O[C@@H](CO)[C@@H](O)[C@@H]2O)c(=O)n1. The van der Waals surface area contributed by atoms with Gasteiger partial charge in [-0.25, -0.2) is 4.79 Å². The summed E-state index contributed by atoms with van der Waals surface area (Å²) in [6.07, 6.45) is -3.27. The molecule has 1 aliphatic rings. The Bertz CT molecular complexity index is 462. The molecule has 17 heavy (non-hydrogen) atoms. The molecule has 5 N–H and O–H groups in total. The first-order chi connectivity index (χ1) is 8.04. The van der Waals surface area contributed by atoms with Crippen LogP contribution in [-0.4, -0.2) is 49.8 Å². The highest BCUT2D eigenvalue weighted by molar-refractivity contribution is 5.23. The van der Waals surface area contributed by atoms with E-state index in [0.29, 0.717) is 0 Å². The van der Waals surface area contributed by atoms with Gasteiger partial charge in [-0.05, 0) is 6.07 Å². The highest BCUT2D eigenvalue weighted by Crippen LogP contribution is 2.27. The molecule has 0 unspecified atom stereocenters. The second kappa shape index (κ2) is 4.41. The summed E-state index contributed by atoms with van der Waals surface area (Å²) in [7, 11) is 0. The molecule has 0 saturated carbocycles. The van der Waals surface area contributed by atoms with Gasteiger partial charge >= 0.3 is 5.69 Å². The maximum atomic E-state index is 11.5. The van der Waals surface area contributed by atoms with Gasteiger partial charge in [-0.15, -0.1) is 0 Å². The number of rotatable bonds is 2. The number of nitrogen functional groups attached to an aromatic ring is 1.